The van der Waals surface area contributed by atoms with Gasteiger partial charge in [0.2, 0.25) is 5.91 Å². The molecular formula is C9H14N4O. The summed E-state index contributed by atoms with van der Waals surface area (Å²) >= 11 is 0. The number of rotatable bonds is 4. The summed E-state index contributed by atoms with van der Waals surface area (Å²) in [7, 11) is 0. The fourth-order valence-corrected chi connectivity index (χ4v) is 1.06. The highest BCUT2D eigenvalue weighted by Crippen LogP contribution is 2.07. The molecule has 0 saturated carbocycles. The molecule has 1 N–H and O–H groups in total. The second-order valence-corrected chi connectivity index (χ2v) is 3.12. The summed E-state index contributed by atoms with van der Waals surface area (Å²) in [6.07, 6.45) is 4.35. The number of amides is 1. The van der Waals surface area contributed by atoms with E-state index in [4.69, 9.17) is 0 Å². The highest BCUT2D eigenvalue weighted by molar-refractivity contribution is 5.87. The van der Waals surface area contributed by atoms with Crippen molar-refractivity contribution < 1.29 is 4.79 Å². The molecule has 0 spiro atoms. The van der Waals surface area contributed by atoms with Gasteiger partial charge in [-0.2, -0.15) is 5.10 Å². The zero-order chi connectivity index (χ0) is 10.6. The van der Waals surface area contributed by atoms with Crippen molar-refractivity contribution in [2.75, 3.05) is 0 Å². The molecule has 1 aromatic rings. The van der Waals surface area contributed by atoms with Gasteiger partial charge in [0.1, 0.15) is 12.7 Å². The number of carbonyl (C=O) groups is 1. The Bertz CT molecular complexity index is 307. The van der Waals surface area contributed by atoms with Crippen LogP contribution in [-0.2, 0) is 4.79 Å². The zero-order valence-corrected chi connectivity index (χ0v) is 8.34. The molecule has 76 valence electrons. The molecule has 0 aliphatic heterocycles. The number of hydrogen-bond donors (Lipinski definition) is 1. The molecule has 5 heteroatoms. The van der Waals surface area contributed by atoms with Crippen molar-refractivity contribution in [2.45, 2.75) is 25.9 Å². The van der Waals surface area contributed by atoms with E-state index in [2.05, 4.69) is 22.0 Å². The normalized spacial score (nSPS) is 14.4. The lowest BCUT2D eigenvalue weighted by Gasteiger charge is -2.20. The quantitative estimate of drug-likeness (QED) is 0.711. The van der Waals surface area contributed by atoms with Crippen molar-refractivity contribution in [2.24, 2.45) is 0 Å². The third kappa shape index (κ3) is 2.42. The van der Waals surface area contributed by atoms with Crippen LogP contribution in [0.1, 0.15) is 19.9 Å². The van der Waals surface area contributed by atoms with Gasteiger partial charge in [0.15, 0.2) is 0 Å². The monoisotopic (exact) mass is 194 g/mol. The first kappa shape index (κ1) is 10.4. The second-order valence-electron chi connectivity index (χ2n) is 3.12. The Morgan fingerprint density at radius 3 is 2.86 bits per heavy atom. The first-order valence-corrected chi connectivity index (χ1v) is 4.42. The van der Waals surface area contributed by atoms with Crippen LogP contribution in [0.25, 0.3) is 0 Å². The molecule has 0 aliphatic carbocycles. The first-order valence-electron chi connectivity index (χ1n) is 4.42. The highest BCUT2D eigenvalue weighted by Gasteiger charge is 2.15. The van der Waals surface area contributed by atoms with Crippen LogP contribution in [0.15, 0.2) is 25.3 Å². The van der Waals surface area contributed by atoms with Crippen LogP contribution in [0.2, 0.25) is 0 Å². The maximum Gasteiger partial charge on any atom is 0.243 e. The highest BCUT2D eigenvalue weighted by atomic mass is 16.1. The average molecular weight is 194 g/mol. The number of nitrogens with zero attached hydrogens (tertiary/aromatic N) is 3. The SMILES string of the molecule is C=CC(=O)N[C@@H](C)[C@H](C)n1cncn1. The summed E-state index contributed by atoms with van der Waals surface area (Å²) < 4.78 is 1.70. The third-order valence-corrected chi connectivity index (χ3v) is 2.13. The van der Waals surface area contributed by atoms with E-state index in [0.717, 1.165) is 0 Å². The number of hydrogen-bond acceptors (Lipinski definition) is 3. The standard InChI is InChI=1S/C9H14N4O/c1-4-9(14)12-7(2)8(3)13-6-10-5-11-13/h4-8H,1H2,2-3H3,(H,12,14)/t7-,8-/m0/s1. The molecule has 1 amide bonds. The van der Waals surface area contributed by atoms with Gasteiger partial charge in [-0.25, -0.2) is 9.67 Å². The van der Waals surface area contributed by atoms with Crippen LogP contribution in [0.3, 0.4) is 0 Å². The van der Waals surface area contributed by atoms with Gasteiger partial charge in [-0.1, -0.05) is 6.58 Å². The molecule has 0 aliphatic rings. The van der Waals surface area contributed by atoms with Crippen LogP contribution in [0, 0.1) is 0 Å². The van der Waals surface area contributed by atoms with E-state index in [9.17, 15) is 4.79 Å². The minimum atomic E-state index is -0.176. The topological polar surface area (TPSA) is 59.8 Å². The molecule has 0 bridgehead atoms. The van der Waals surface area contributed by atoms with Gasteiger partial charge in [0, 0.05) is 6.04 Å². The van der Waals surface area contributed by atoms with Gasteiger partial charge in [-0.15, -0.1) is 0 Å². The maximum atomic E-state index is 11.0. The lowest BCUT2D eigenvalue weighted by molar-refractivity contribution is -0.117. The van der Waals surface area contributed by atoms with Crippen molar-refractivity contribution in [1.29, 1.82) is 0 Å². The fraction of sp³-hybridized carbons (Fsp3) is 0.444. The van der Waals surface area contributed by atoms with E-state index < -0.39 is 0 Å². The fourth-order valence-electron chi connectivity index (χ4n) is 1.06. The lowest BCUT2D eigenvalue weighted by Crippen LogP contribution is -2.37. The maximum absolute atomic E-state index is 11.0. The van der Waals surface area contributed by atoms with Crippen LogP contribution >= 0.6 is 0 Å². The number of carbonyl (C=O) groups excluding carboxylic acids is 1. The molecule has 14 heavy (non-hydrogen) atoms. The summed E-state index contributed by atoms with van der Waals surface area (Å²) in [6.45, 7) is 7.26. The Hall–Kier alpha value is -1.65. The zero-order valence-electron chi connectivity index (χ0n) is 8.34. The van der Waals surface area contributed by atoms with Crippen molar-refractivity contribution in [3.63, 3.8) is 0 Å². The predicted molar refractivity (Wildman–Crippen MR) is 52.5 cm³/mol. The van der Waals surface area contributed by atoms with Gasteiger partial charge in [0.05, 0.1) is 6.04 Å². The minimum Gasteiger partial charge on any atom is -0.348 e. The second kappa shape index (κ2) is 4.55. The first-order chi connectivity index (χ1) is 6.65. The van der Waals surface area contributed by atoms with Crippen LogP contribution < -0.4 is 5.32 Å². The Morgan fingerprint density at radius 1 is 1.64 bits per heavy atom. The number of aromatic nitrogens is 3. The smallest absolute Gasteiger partial charge is 0.243 e. The van der Waals surface area contributed by atoms with Crippen molar-refractivity contribution in [3.05, 3.63) is 25.3 Å². The molecule has 1 aromatic heterocycles. The third-order valence-electron chi connectivity index (χ3n) is 2.13. The van der Waals surface area contributed by atoms with E-state index in [1.165, 1.54) is 12.4 Å². The van der Waals surface area contributed by atoms with Gasteiger partial charge in [-0.05, 0) is 19.9 Å². The molecule has 0 unspecified atom stereocenters. The molecule has 1 rings (SSSR count). The van der Waals surface area contributed by atoms with Crippen molar-refractivity contribution >= 4 is 5.91 Å². The summed E-state index contributed by atoms with van der Waals surface area (Å²) in [5, 5.41) is 6.77. The Balaban J connectivity index is 2.57. The van der Waals surface area contributed by atoms with Crippen LogP contribution in [-0.4, -0.2) is 26.7 Å². The molecule has 0 fully saturated rings. The molecule has 1 heterocycles. The molecule has 0 radical (unpaired) electrons. The van der Waals surface area contributed by atoms with Gasteiger partial charge >= 0.3 is 0 Å². The van der Waals surface area contributed by atoms with E-state index in [1.54, 1.807) is 11.0 Å². The summed E-state index contributed by atoms with van der Waals surface area (Å²) in [6, 6.07) is 0.0589. The van der Waals surface area contributed by atoms with Crippen LogP contribution in [0.4, 0.5) is 0 Å². The molecule has 0 saturated heterocycles. The summed E-state index contributed by atoms with van der Waals surface area (Å²) in [5.74, 6) is -0.176. The number of nitrogens with one attached hydrogen (secondary N) is 1. The van der Waals surface area contributed by atoms with Gasteiger partial charge in [-0.3, -0.25) is 4.79 Å². The van der Waals surface area contributed by atoms with Crippen LogP contribution in [0.5, 0.6) is 0 Å². The lowest BCUT2D eigenvalue weighted by atomic mass is 10.2. The summed E-state index contributed by atoms with van der Waals surface area (Å²) in [5.41, 5.74) is 0. The average Bonchev–Trinajstić information content (AvgIpc) is 2.69. The predicted octanol–water partition coefficient (Wildman–Crippen LogP) is 0.530. The van der Waals surface area contributed by atoms with Gasteiger partial charge in [0.25, 0.3) is 0 Å². The van der Waals surface area contributed by atoms with Crippen molar-refractivity contribution in [3.8, 4) is 0 Å². The van der Waals surface area contributed by atoms with E-state index >= 15 is 0 Å². The van der Waals surface area contributed by atoms with E-state index in [1.807, 2.05) is 13.8 Å². The van der Waals surface area contributed by atoms with E-state index in [-0.39, 0.29) is 18.0 Å². The van der Waals surface area contributed by atoms with E-state index in [0.29, 0.717) is 0 Å². The van der Waals surface area contributed by atoms with Gasteiger partial charge < -0.3 is 5.32 Å². The molecule has 5 nitrogen and oxygen atoms in total. The molecule has 0 aromatic carbocycles. The Morgan fingerprint density at radius 2 is 2.36 bits per heavy atom. The minimum absolute atomic E-state index is 0.0119. The largest absolute Gasteiger partial charge is 0.348 e. The van der Waals surface area contributed by atoms with Crippen molar-refractivity contribution in [1.82, 2.24) is 20.1 Å². The molecular weight excluding hydrogens is 180 g/mol. The molecule has 2 atom stereocenters. The Kier molecular flexibility index (Phi) is 3.39. The Labute approximate surface area is 82.8 Å². The summed E-state index contributed by atoms with van der Waals surface area (Å²) in [4.78, 5) is 14.9.